The minimum Gasteiger partial charge on any atom is -0.478 e. The smallest absolute Gasteiger partial charge is 0.390 e. The number of nitrogens with zero attached hydrogens (tertiary/aromatic N) is 14. The first kappa shape index (κ1) is 78.6. The van der Waals surface area contributed by atoms with Crippen LogP contribution < -0.4 is 0 Å². The van der Waals surface area contributed by atoms with Crippen LogP contribution >= 0.6 is 11.6 Å². The maximum atomic E-state index is 13.9. The summed E-state index contributed by atoms with van der Waals surface area (Å²) in [5.41, 5.74) is 9.80. The van der Waals surface area contributed by atoms with Crippen LogP contribution in [0.5, 0.6) is 0 Å². The van der Waals surface area contributed by atoms with E-state index in [1.807, 2.05) is 65.4 Å². The molecule has 8 aromatic heterocycles. The Morgan fingerprint density at radius 1 is 0.523 bits per heavy atom. The second kappa shape index (κ2) is 36.4. The van der Waals surface area contributed by atoms with Crippen molar-refractivity contribution in [3.8, 4) is 0 Å². The maximum Gasteiger partial charge on any atom is 0.390 e. The Morgan fingerprint density at radius 2 is 0.907 bits per heavy atom. The van der Waals surface area contributed by atoms with E-state index in [1.54, 1.807) is 30.6 Å². The van der Waals surface area contributed by atoms with E-state index in [0.717, 1.165) is 90.6 Å². The minimum atomic E-state index is -4.27. The molecular weight excluding hydrogens is 1410 g/mol. The van der Waals surface area contributed by atoms with Crippen LogP contribution in [-0.4, -0.2) is 173 Å². The number of carbonyl (C=O) groups is 4. The standard InChI is InChI=1S/C22H25FN4O2.C20H23ClN4O3.C18H16F3N3O2.C18H18FN3O2/c1-26-9-5-15(6-10-26)7-11-27-21-3-2-17(23)13-19(21)20(25-27)12-16-14-24-8-4-18(16)22(28)29;1-24(2)7-9-28-10-8-25-19-4-3-15(21)12-17(19)18(23-25)11-14-13-22-6-5-16(14)20(26)27;1-11-2-3-16-14(8-11)15(23-24(16)7-5-18(19,20)21)9-12-10-22-6-4-13(12)17(25)26;1-2-3-8-22-17-5-4-13(19)10-15(17)16(21-22)9-12-11-20-7-6-14(12)18(23)24/h2-4,8,13-15H,5-7,9-12H2,1H3,(H,28,29);3-6,12-13H,7-11H2,1-2H3,(H,26,27);2-4,6,8,10H,5,7,9H2,1H3,(H,25,26);4-7,10-11H,2-3,8-9H2,1H3,(H,23,24). The summed E-state index contributed by atoms with van der Waals surface area (Å²) in [7, 11) is 6.16. The van der Waals surface area contributed by atoms with Gasteiger partial charge in [-0.15, -0.1) is 0 Å². The predicted molar refractivity (Wildman–Crippen MR) is 394 cm³/mol. The molecule has 1 aliphatic heterocycles. The van der Waals surface area contributed by atoms with E-state index in [9.17, 15) is 61.6 Å². The molecule has 0 spiro atoms. The summed E-state index contributed by atoms with van der Waals surface area (Å²) in [6.45, 7) is 10.1. The minimum absolute atomic E-state index is 0.102. The van der Waals surface area contributed by atoms with Gasteiger partial charge in [0.15, 0.2) is 0 Å². The number of fused-ring (bicyclic) bond motifs is 4. The fourth-order valence-electron chi connectivity index (χ4n) is 12.7. The molecule has 0 atom stereocenters. The summed E-state index contributed by atoms with van der Waals surface area (Å²) in [4.78, 5) is 66.2. The van der Waals surface area contributed by atoms with Crippen LogP contribution in [0.3, 0.4) is 0 Å². The number of hydrogen-bond acceptors (Lipinski definition) is 15. The van der Waals surface area contributed by atoms with Crippen LogP contribution in [0, 0.1) is 24.5 Å². The van der Waals surface area contributed by atoms with Gasteiger partial charge >= 0.3 is 30.1 Å². The molecule has 0 saturated carbocycles. The third-order valence-electron chi connectivity index (χ3n) is 18.4. The number of carboxylic acids is 4. The van der Waals surface area contributed by atoms with E-state index >= 15 is 0 Å². The number of halogens is 6. The van der Waals surface area contributed by atoms with E-state index in [4.69, 9.17) is 26.5 Å². The Balaban J connectivity index is 0.000000153. The van der Waals surface area contributed by atoms with Crippen LogP contribution in [0.4, 0.5) is 22.0 Å². The van der Waals surface area contributed by atoms with Crippen molar-refractivity contribution in [1.29, 1.82) is 0 Å². The number of benzene rings is 4. The number of likely N-dealkylation sites (N-methyl/N-ethyl adjacent to an activating group) is 1. The number of alkyl halides is 3. The van der Waals surface area contributed by atoms with Gasteiger partial charge in [-0.05, 0) is 186 Å². The van der Waals surface area contributed by atoms with Crippen LogP contribution in [0.25, 0.3) is 43.6 Å². The second-order valence-corrected chi connectivity index (χ2v) is 26.8. The summed E-state index contributed by atoms with van der Waals surface area (Å²) in [6.07, 6.45) is 13.2. The molecule has 4 N–H and O–H groups in total. The maximum absolute atomic E-state index is 13.9. The first-order valence-corrected chi connectivity index (χ1v) is 35.2. The number of aryl methyl sites for hydroxylation is 4. The lowest BCUT2D eigenvalue weighted by molar-refractivity contribution is -0.137. The number of aromatic nitrogens is 12. The number of piperidine rings is 1. The Labute approximate surface area is 617 Å². The normalized spacial score (nSPS) is 12.6. The summed E-state index contributed by atoms with van der Waals surface area (Å²) in [5.74, 6) is -4.05. The van der Waals surface area contributed by atoms with Crippen molar-refractivity contribution < 1.29 is 66.3 Å². The Hall–Kier alpha value is -10.9. The molecule has 107 heavy (non-hydrogen) atoms. The molecule has 9 heterocycles. The number of likely N-dealkylation sites (tertiary alicyclic amines) is 1. The molecule has 0 radical (unpaired) electrons. The summed E-state index contributed by atoms with van der Waals surface area (Å²) < 4.78 is 78.1. The quantitative estimate of drug-likeness (QED) is 0.0289. The molecule has 4 aromatic carbocycles. The van der Waals surface area contributed by atoms with Crippen LogP contribution in [0.15, 0.2) is 147 Å². The average molecular weight is 1490 g/mol. The van der Waals surface area contributed by atoms with Crippen LogP contribution in [0.1, 0.15) is 137 Å². The van der Waals surface area contributed by atoms with Crippen molar-refractivity contribution in [2.75, 3.05) is 54.0 Å². The van der Waals surface area contributed by atoms with Crippen molar-refractivity contribution in [2.45, 2.75) is 110 Å². The van der Waals surface area contributed by atoms with Gasteiger partial charge in [0.1, 0.15) is 11.6 Å². The molecule has 0 amide bonds. The van der Waals surface area contributed by atoms with E-state index < -0.39 is 36.5 Å². The van der Waals surface area contributed by atoms with Gasteiger partial charge in [0.25, 0.3) is 0 Å². The molecule has 13 rings (SSSR count). The largest absolute Gasteiger partial charge is 0.478 e. The number of ether oxygens (including phenoxy) is 1. The third kappa shape index (κ3) is 21.0. The molecule has 0 bridgehead atoms. The van der Waals surface area contributed by atoms with Gasteiger partial charge in [-0.25, -0.2) is 28.0 Å². The fraction of sp³-hybridized carbons (Fsp3) is 0.333. The number of pyridine rings is 4. The highest BCUT2D eigenvalue weighted by atomic mass is 35.5. The summed E-state index contributed by atoms with van der Waals surface area (Å²) in [5, 5.41) is 59.5. The lowest BCUT2D eigenvalue weighted by Gasteiger charge is -2.28. The summed E-state index contributed by atoms with van der Waals surface area (Å²) >= 11 is 6.19. The van der Waals surface area contributed by atoms with E-state index in [1.165, 1.54) is 103 Å². The highest BCUT2D eigenvalue weighted by molar-refractivity contribution is 6.31. The Morgan fingerprint density at radius 3 is 1.32 bits per heavy atom. The zero-order chi connectivity index (χ0) is 76.5. The molecule has 0 unspecified atom stereocenters. The molecular formula is C78H82ClF5N14O9. The van der Waals surface area contributed by atoms with Crippen LogP contribution in [-0.2, 0) is 56.6 Å². The number of aromatic carboxylic acids is 4. The Kier molecular flexibility index (Phi) is 26.7. The fourth-order valence-corrected chi connectivity index (χ4v) is 12.9. The van der Waals surface area contributed by atoms with Gasteiger partial charge in [0.2, 0.25) is 0 Å². The Bertz CT molecular complexity index is 5110. The van der Waals surface area contributed by atoms with Crippen molar-refractivity contribution in [2.24, 2.45) is 5.92 Å². The molecule has 29 heteroatoms. The van der Waals surface area contributed by atoms with Crippen molar-refractivity contribution in [3.63, 3.8) is 0 Å². The lowest BCUT2D eigenvalue weighted by atomic mass is 9.94. The first-order chi connectivity index (χ1) is 51.3. The van der Waals surface area contributed by atoms with Gasteiger partial charge in [0, 0.05) is 121 Å². The lowest BCUT2D eigenvalue weighted by Crippen LogP contribution is -2.30. The third-order valence-corrected chi connectivity index (χ3v) is 18.6. The van der Waals surface area contributed by atoms with E-state index in [2.05, 4.69) is 53.9 Å². The van der Waals surface area contributed by atoms with Crippen molar-refractivity contribution >= 4 is 79.1 Å². The molecule has 560 valence electrons. The highest BCUT2D eigenvalue weighted by Crippen LogP contribution is 2.31. The molecule has 12 aromatic rings. The van der Waals surface area contributed by atoms with Gasteiger partial charge in [0.05, 0.1) is 99.8 Å². The van der Waals surface area contributed by atoms with Gasteiger partial charge in [-0.2, -0.15) is 33.6 Å². The SMILES string of the molecule is CCCCn1nc(Cc2cnccc2C(=O)O)c2cc(F)ccc21.CN(C)CCOCCn1nc(Cc2cnccc2C(=O)O)c2cc(Cl)ccc21.CN1CCC(CCn2nc(Cc3cnccc3C(=O)O)c3cc(F)ccc32)CC1.Cc1ccc2c(c1)c(Cc1cnccc1C(=O)O)nn2CCC(F)(F)F. The van der Waals surface area contributed by atoms with Crippen LogP contribution in [0.2, 0.25) is 5.02 Å². The van der Waals surface area contributed by atoms with Gasteiger partial charge in [-0.3, -0.25) is 38.7 Å². The average Bonchev–Trinajstić information content (AvgIpc) is 1.67. The zero-order valence-electron chi connectivity index (χ0n) is 59.7. The first-order valence-electron chi connectivity index (χ1n) is 34.8. The van der Waals surface area contributed by atoms with Gasteiger partial charge in [-0.1, -0.05) is 36.6 Å². The van der Waals surface area contributed by atoms with E-state index in [0.29, 0.717) is 106 Å². The monoisotopic (exact) mass is 1490 g/mol. The number of hydrogen-bond donors (Lipinski definition) is 4. The number of rotatable bonds is 26. The van der Waals surface area contributed by atoms with E-state index in [-0.39, 0.29) is 46.9 Å². The molecule has 1 fully saturated rings. The molecule has 23 nitrogen and oxygen atoms in total. The van der Waals surface area contributed by atoms with Gasteiger partial charge < -0.3 is 35.0 Å². The topological polar surface area (TPSA) is 288 Å². The predicted octanol–water partition coefficient (Wildman–Crippen LogP) is 14.2. The molecule has 0 aliphatic carbocycles. The van der Waals surface area contributed by atoms with Crippen molar-refractivity contribution in [3.05, 3.63) is 236 Å². The molecule has 1 saturated heterocycles. The van der Waals surface area contributed by atoms with Crippen molar-refractivity contribution in [1.82, 2.24) is 68.9 Å². The second-order valence-electron chi connectivity index (χ2n) is 26.4. The highest BCUT2D eigenvalue weighted by Gasteiger charge is 2.28. The number of unbranched alkanes of at least 4 members (excludes halogenated alkanes) is 1. The zero-order valence-corrected chi connectivity index (χ0v) is 60.5. The number of carboxylic acid groups (broad SMARTS) is 4. The molecule has 1 aliphatic rings. The summed E-state index contributed by atoms with van der Waals surface area (Å²) in [6, 6.07) is 26.1.